The number of nitrogens with two attached hydrogens (primary N) is 1. The molecule has 0 atom stereocenters. The summed E-state index contributed by atoms with van der Waals surface area (Å²) in [5, 5.41) is 0. The van der Waals surface area contributed by atoms with Gasteiger partial charge in [-0.25, -0.2) is 15.8 Å². The predicted octanol–water partition coefficient (Wildman–Crippen LogP) is 1.22. The first-order chi connectivity index (χ1) is 9.69. The normalized spacial score (nSPS) is 10.2. The van der Waals surface area contributed by atoms with Crippen molar-refractivity contribution in [3.8, 4) is 22.2 Å². The van der Waals surface area contributed by atoms with E-state index in [-0.39, 0.29) is 0 Å². The maximum atomic E-state index is 11.7. The average molecular weight is 294 g/mol. The Balaban J connectivity index is 2.43. The number of nitrogens with one attached hydrogen (secondary N) is 1. The molecular weight excluding hydrogens is 280 g/mol. The van der Waals surface area contributed by atoms with Gasteiger partial charge in [0.15, 0.2) is 0 Å². The Morgan fingerprint density at radius 2 is 2.25 bits per heavy atom. The second-order valence-corrected chi connectivity index (χ2v) is 4.71. The molecular formula is C12H14N4O3S. The first-order valence-electron chi connectivity index (χ1n) is 5.83. The quantitative estimate of drug-likeness (QED) is 0.488. The molecule has 20 heavy (non-hydrogen) atoms. The Hall–Kier alpha value is -2.19. The van der Waals surface area contributed by atoms with Crippen LogP contribution >= 0.6 is 11.3 Å². The molecule has 0 spiro atoms. The first kappa shape index (κ1) is 14.2. The number of hydrogen-bond acceptors (Lipinski definition) is 7. The molecule has 2 rings (SSSR count). The number of thiophene rings is 1. The summed E-state index contributed by atoms with van der Waals surface area (Å²) in [6, 6.07) is 3.44. The smallest absolute Gasteiger partial charge is 0.279 e. The van der Waals surface area contributed by atoms with E-state index in [0.29, 0.717) is 28.8 Å². The van der Waals surface area contributed by atoms with Crippen LogP contribution in [0.3, 0.4) is 0 Å². The second-order valence-electron chi connectivity index (χ2n) is 3.66. The molecule has 0 aliphatic carbocycles. The van der Waals surface area contributed by atoms with Crippen LogP contribution in [0.5, 0.6) is 11.6 Å². The van der Waals surface area contributed by atoms with Gasteiger partial charge in [0.25, 0.3) is 5.91 Å². The average Bonchev–Trinajstić information content (AvgIpc) is 2.91. The highest BCUT2D eigenvalue weighted by Gasteiger charge is 2.18. The van der Waals surface area contributed by atoms with Crippen molar-refractivity contribution in [2.75, 3.05) is 13.7 Å². The zero-order valence-electron chi connectivity index (χ0n) is 11.0. The van der Waals surface area contributed by atoms with E-state index in [4.69, 9.17) is 15.3 Å². The Labute approximate surface area is 119 Å². The molecule has 0 aliphatic heterocycles. The van der Waals surface area contributed by atoms with Crippen molar-refractivity contribution < 1.29 is 14.3 Å². The van der Waals surface area contributed by atoms with Crippen LogP contribution in [-0.2, 0) is 0 Å². The molecule has 0 aliphatic rings. The fraction of sp³-hybridized carbons (Fsp3) is 0.250. The lowest BCUT2D eigenvalue weighted by Gasteiger charge is -2.02. The minimum Gasteiger partial charge on any atom is -0.492 e. The number of nitrogens with zero attached hydrogens (tertiary/aromatic N) is 2. The van der Waals surface area contributed by atoms with E-state index in [9.17, 15) is 4.79 Å². The number of aromatic nitrogens is 2. The molecule has 1 amide bonds. The maximum Gasteiger partial charge on any atom is 0.279 e. The first-order valence-corrected chi connectivity index (χ1v) is 6.65. The number of nitrogen functional groups attached to an aromatic ring is 1. The number of hydrogen-bond donors (Lipinski definition) is 2. The van der Waals surface area contributed by atoms with Crippen LogP contribution in [0.2, 0.25) is 0 Å². The van der Waals surface area contributed by atoms with Gasteiger partial charge in [-0.3, -0.25) is 10.2 Å². The van der Waals surface area contributed by atoms with E-state index in [0.717, 1.165) is 4.88 Å². The van der Waals surface area contributed by atoms with Crippen molar-refractivity contribution in [3.63, 3.8) is 0 Å². The summed E-state index contributed by atoms with van der Waals surface area (Å²) in [4.78, 5) is 21.0. The number of amides is 1. The summed E-state index contributed by atoms with van der Waals surface area (Å²) in [7, 11) is 1.53. The zero-order valence-corrected chi connectivity index (χ0v) is 11.9. The Kier molecular flexibility index (Phi) is 4.49. The van der Waals surface area contributed by atoms with Gasteiger partial charge in [0, 0.05) is 12.1 Å². The van der Waals surface area contributed by atoms with E-state index in [1.54, 1.807) is 12.1 Å². The van der Waals surface area contributed by atoms with E-state index in [1.807, 2.05) is 6.92 Å². The molecule has 8 heteroatoms. The van der Waals surface area contributed by atoms with E-state index < -0.39 is 5.91 Å². The predicted molar refractivity (Wildman–Crippen MR) is 74.7 cm³/mol. The van der Waals surface area contributed by atoms with Crippen molar-refractivity contribution in [2.45, 2.75) is 6.92 Å². The van der Waals surface area contributed by atoms with Crippen LogP contribution in [0.25, 0.3) is 10.6 Å². The second kappa shape index (κ2) is 6.31. The number of ether oxygens (including phenoxy) is 2. The highest BCUT2D eigenvalue weighted by Crippen LogP contribution is 2.36. The number of hydrazine groups is 1. The lowest BCUT2D eigenvalue weighted by molar-refractivity contribution is 0.0954. The van der Waals surface area contributed by atoms with Gasteiger partial charge < -0.3 is 9.47 Å². The summed E-state index contributed by atoms with van der Waals surface area (Å²) in [6.45, 7) is 2.29. The molecule has 0 fully saturated rings. The summed E-state index contributed by atoms with van der Waals surface area (Å²) < 4.78 is 10.5. The van der Waals surface area contributed by atoms with E-state index in [2.05, 4.69) is 15.4 Å². The maximum absolute atomic E-state index is 11.7. The number of methoxy groups -OCH3 is 1. The number of rotatable bonds is 5. The lowest BCUT2D eigenvalue weighted by atomic mass is 10.3. The molecule has 0 saturated heterocycles. The Morgan fingerprint density at radius 1 is 1.45 bits per heavy atom. The zero-order chi connectivity index (χ0) is 14.5. The largest absolute Gasteiger partial charge is 0.492 e. The van der Waals surface area contributed by atoms with Crippen molar-refractivity contribution in [3.05, 3.63) is 23.3 Å². The highest BCUT2D eigenvalue weighted by molar-refractivity contribution is 7.17. The van der Waals surface area contributed by atoms with Gasteiger partial charge in [-0.05, 0) is 6.92 Å². The molecule has 7 nitrogen and oxygen atoms in total. The van der Waals surface area contributed by atoms with Gasteiger partial charge in [0.2, 0.25) is 5.88 Å². The van der Waals surface area contributed by atoms with E-state index >= 15 is 0 Å². The number of carbonyl (C=O) groups excluding carboxylic acids is 1. The Morgan fingerprint density at radius 3 is 2.90 bits per heavy atom. The topological polar surface area (TPSA) is 99.4 Å². The third kappa shape index (κ3) is 2.86. The van der Waals surface area contributed by atoms with E-state index in [1.165, 1.54) is 24.8 Å². The molecule has 2 aromatic heterocycles. The molecule has 0 saturated carbocycles. The molecule has 0 unspecified atom stereocenters. The fourth-order valence-corrected chi connectivity index (χ4v) is 2.55. The van der Waals surface area contributed by atoms with Crippen LogP contribution in [0.15, 0.2) is 18.5 Å². The summed E-state index contributed by atoms with van der Waals surface area (Å²) in [6.07, 6.45) is 1.40. The summed E-state index contributed by atoms with van der Waals surface area (Å²) >= 11 is 1.24. The van der Waals surface area contributed by atoms with Gasteiger partial charge in [-0.2, -0.15) is 0 Å². The van der Waals surface area contributed by atoms with Gasteiger partial charge in [-0.1, -0.05) is 0 Å². The monoisotopic (exact) mass is 294 g/mol. The highest BCUT2D eigenvalue weighted by atomic mass is 32.1. The third-order valence-corrected chi connectivity index (χ3v) is 3.58. The van der Waals surface area contributed by atoms with Crippen LogP contribution < -0.4 is 20.7 Å². The third-order valence-electron chi connectivity index (χ3n) is 2.44. The molecule has 106 valence electrons. The fourth-order valence-electron chi connectivity index (χ4n) is 1.57. The van der Waals surface area contributed by atoms with Gasteiger partial charge in [-0.15, -0.1) is 11.3 Å². The molecule has 2 heterocycles. The van der Waals surface area contributed by atoms with Crippen LogP contribution in [0, 0.1) is 0 Å². The van der Waals surface area contributed by atoms with Crippen LogP contribution in [0.4, 0.5) is 0 Å². The minimum absolute atomic E-state index is 0.397. The molecule has 2 aromatic rings. The van der Waals surface area contributed by atoms with Gasteiger partial charge >= 0.3 is 0 Å². The lowest BCUT2D eigenvalue weighted by Crippen LogP contribution is -2.29. The van der Waals surface area contributed by atoms with Crippen LogP contribution in [-0.4, -0.2) is 29.6 Å². The summed E-state index contributed by atoms with van der Waals surface area (Å²) in [5.41, 5.74) is 2.75. The SMILES string of the molecule is CCOc1cc(-c2cc(OC)ncn2)sc1C(=O)NN. The van der Waals surface area contributed by atoms with Crippen LogP contribution in [0.1, 0.15) is 16.6 Å². The van der Waals surface area contributed by atoms with Crippen molar-refractivity contribution >= 4 is 17.2 Å². The Bertz CT molecular complexity index is 614. The summed E-state index contributed by atoms with van der Waals surface area (Å²) in [5.74, 6) is 5.70. The van der Waals surface area contributed by atoms with Gasteiger partial charge in [0.05, 0.1) is 24.3 Å². The van der Waals surface area contributed by atoms with Crippen molar-refractivity contribution in [2.24, 2.45) is 5.84 Å². The molecule has 3 N–H and O–H groups in total. The van der Waals surface area contributed by atoms with Gasteiger partial charge in [0.1, 0.15) is 17.0 Å². The van der Waals surface area contributed by atoms with Crippen molar-refractivity contribution in [1.29, 1.82) is 0 Å². The molecule has 0 bridgehead atoms. The molecule has 0 radical (unpaired) electrons. The minimum atomic E-state index is -0.397. The number of carbonyl (C=O) groups is 1. The molecule has 0 aromatic carbocycles. The standard InChI is InChI=1S/C12H14N4O3S/c1-3-19-8-5-9(20-11(8)12(17)16-13)7-4-10(18-2)15-6-14-7/h4-6H,3,13H2,1-2H3,(H,16,17). The van der Waals surface area contributed by atoms with Crippen molar-refractivity contribution in [1.82, 2.24) is 15.4 Å².